The third-order valence-electron chi connectivity index (χ3n) is 3.86. The molecule has 1 aromatic carbocycles. The van der Waals surface area contributed by atoms with Gasteiger partial charge in [0, 0.05) is 25.4 Å². The van der Waals surface area contributed by atoms with Crippen molar-refractivity contribution in [3.63, 3.8) is 0 Å². The maximum Gasteiger partial charge on any atom is 0.253 e. The van der Waals surface area contributed by atoms with Crippen molar-refractivity contribution in [3.8, 4) is 5.75 Å². The number of pyridine rings is 1. The van der Waals surface area contributed by atoms with Gasteiger partial charge in [0.05, 0.1) is 11.7 Å². The lowest BCUT2D eigenvalue weighted by Gasteiger charge is -2.12. The Bertz CT molecular complexity index is 730. The van der Waals surface area contributed by atoms with Crippen molar-refractivity contribution in [1.29, 1.82) is 0 Å². The van der Waals surface area contributed by atoms with Crippen LogP contribution in [0, 0.1) is 0 Å². The average molecular weight is 328 g/mol. The second-order valence-corrected chi connectivity index (χ2v) is 5.72. The summed E-state index contributed by atoms with van der Waals surface area (Å²) in [7, 11) is 0. The Kier molecular flexibility index (Phi) is 5.28. The van der Waals surface area contributed by atoms with E-state index < -0.39 is 0 Å². The van der Waals surface area contributed by atoms with Crippen LogP contribution < -0.4 is 15.6 Å². The van der Waals surface area contributed by atoms with E-state index in [9.17, 15) is 9.59 Å². The molecule has 0 saturated carbocycles. The molecule has 0 unspecified atom stereocenters. The second kappa shape index (κ2) is 7.79. The van der Waals surface area contributed by atoms with Crippen molar-refractivity contribution < 1.29 is 14.3 Å². The van der Waals surface area contributed by atoms with Gasteiger partial charge >= 0.3 is 0 Å². The number of hydrogen-bond acceptors (Lipinski definition) is 4. The van der Waals surface area contributed by atoms with Gasteiger partial charge in [-0.1, -0.05) is 12.1 Å². The third-order valence-corrected chi connectivity index (χ3v) is 3.86. The molecule has 2 aromatic rings. The van der Waals surface area contributed by atoms with Gasteiger partial charge in [-0.3, -0.25) is 9.59 Å². The van der Waals surface area contributed by atoms with E-state index >= 15 is 0 Å². The first kappa shape index (κ1) is 16.3. The fourth-order valence-electron chi connectivity index (χ4n) is 2.55. The maximum absolute atomic E-state index is 12.0. The number of carbonyl (C=O) groups excluding carboxylic acids is 1. The molecule has 1 aliphatic rings. The molecule has 1 amide bonds. The fourth-order valence-corrected chi connectivity index (χ4v) is 2.55. The molecule has 6 nitrogen and oxygen atoms in total. The lowest BCUT2D eigenvalue weighted by Crippen LogP contribution is -2.23. The smallest absolute Gasteiger partial charge is 0.253 e. The van der Waals surface area contributed by atoms with Gasteiger partial charge in [-0.2, -0.15) is 0 Å². The first-order valence-corrected chi connectivity index (χ1v) is 8.01. The standard InChI is InChI=1S/C18H20N2O4/c21-17-7-6-14(11-19-17)18(22)20-10-13-3-1-4-15(9-13)24-12-16-5-2-8-23-16/h1,3-4,6-7,9,11,16H,2,5,8,10,12H2,(H,19,21)(H,20,22)/t16-/m0/s1. The van der Waals surface area contributed by atoms with Gasteiger partial charge in [0.15, 0.2) is 0 Å². The molecule has 2 heterocycles. The van der Waals surface area contributed by atoms with E-state index in [1.54, 1.807) is 0 Å². The average Bonchev–Trinajstić information content (AvgIpc) is 3.12. The van der Waals surface area contributed by atoms with Crippen molar-refractivity contribution >= 4 is 5.91 Å². The highest BCUT2D eigenvalue weighted by Gasteiger charge is 2.16. The summed E-state index contributed by atoms with van der Waals surface area (Å²) in [6.07, 6.45) is 3.70. The Morgan fingerprint density at radius 2 is 2.25 bits per heavy atom. The molecule has 3 rings (SSSR count). The summed E-state index contributed by atoms with van der Waals surface area (Å²) in [5, 5.41) is 2.82. The van der Waals surface area contributed by atoms with E-state index in [4.69, 9.17) is 9.47 Å². The van der Waals surface area contributed by atoms with Gasteiger partial charge in [-0.05, 0) is 36.6 Å². The number of ether oxygens (including phenoxy) is 2. The molecule has 24 heavy (non-hydrogen) atoms. The van der Waals surface area contributed by atoms with E-state index in [0.29, 0.717) is 18.7 Å². The van der Waals surface area contributed by atoms with E-state index in [2.05, 4.69) is 10.3 Å². The van der Waals surface area contributed by atoms with Crippen LogP contribution >= 0.6 is 0 Å². The largest absolute Gasteiger partial charge is 0.491 e. The zero-order chi connectivity index (χ0) is 16.8. The molecule has 1 atom stereocenters. The molecule has 6 heteroatoms. The maximum atomic E-state index is 12.0. The Balaban J connectivity index is 1.53. The number of aromatic nitrogens is 1. The monoisotopic (exact) mass is 328 g/mol. The van der Waals surface area contributed by atoms with Gasteiger partial charge in [-0.25, -0.2) is 0 Å². The van der Waals surface area contributed by atoms with Crippen LogP contribution in [-0.4, -0.2) is 30.2 Å². The summed E-state index contributed by atoms with van der Waals surface area (Å²) >= 11 is 0. The van der Waals surface area contributed by atoms with Crippen molar-refractivity contribution in [1.82, 2.24) is 10.3 Å². The van der Waals surface area contributed by atoms with Gasteiger partial charge in [0.1, 0.15) is 12.4 Å². The summed E-state index contributed by atoms with van der Waals surface area (Å²) in [4.78, 5) is 25.5. The van der Waals surface area contributed by atoms with E-state index in [0.717, 1.165) is 30.8 Å². The van der Waals surface area contributed by atoms with E-state index in [1.165, 1.54) is 18.3 Å². The van der Waals surface area contributed by atoms with E-state index in [1.807, 2.05) is 24.3 Å². The van der Waals surface area contributed by atoms with Crippen LogP contribution in [0.5, 0.6) is 5.75 Å². The molecule has 0 aliphatic carbocycles. The Hall–Kier alpha value is -2.60. The predicted molar refractivity (Wildman–Crippen MR) is 89.1 cm³/mol. The van der Waals surface area contributed by atoms with Crippen LogP contribution in [-0.2, 0) is 11.3 Å². The number of carbonyl (C=O) groups is 1. The van der Waals surface area contributed by atoms with Crippen molar-refractivity contribution in [3.05, 3.63) is 64.1 Å². The molecular formula is C18H20N2O4. The van der Waals surface area contributed by atoms with Gasteiger partial charge in [-0.15, -0.1) is 0 Å². The second-order valence-electron chi connectivity index (χ2n) is 5.72. The minimum Gasteiger partial charge on any atom is -0.491 e. The summed E-state index contributed by atoms with van der Waals surface area (Å²) in [6.45, 7) is 1.74. The number of amides is 1. The number of H-pyrrole nitrogens is 1. The lowest BCUT2D eigenvalue weighted by molar-refractivity contribution is 0.0679. The molecule has 1 saturated heterocycles. The molecular weight excluding hydrogens is 308 g/mol. The molecule has 0 bridgehead atoms. The molecule has 0 spiro atoms. The summed E-state index contributed by atoms with van der Waals surface area (Å²) in [5.41, 5.74) is 1.13. The van der Waals surface area contributed by atoms with Crippen LogP contribution in [0.15, 0.2) is 47.4 Å². The highest BCUT2D eigenvalue weighted by atomic mass is 16.5. The molecule has 0 radical (unpaired) electrons. The highest BCUT2D eigenvalue weighted by Crippen LogP contribution is 2.17. The summed E-state index contributed by atoms with van der Waals surface area (Å²) in [6, 6.07) is 10.4. The Morgan fingerprint density at radius 3 is 3.00 bits per heavy atom. The molecule has 126 valence electrons. The minimum atomic E-state index is -0.239. The normalized spacial score (nSPS) is 16.8. The van der Waals surface area contributed by atoms with Crippen LogP contribution in [0.3, 0.4) is 0 Å². The number of aromatic amines is 1. The molecule has 1 aliphatic heterocycles. The fraction of sp³-hybridized carbons (Fsp3) is 0.333. The van der Waals surface area contributed by atoms with Crippen LogP contribution in [0.25, 0.3) is 0 Å². The van der Waals surface area contributed by atoms with Crippen LogP contribution in [0.1, 0.15) is 28.8 Å². The third kappa shape index (κ3) is 4.45. The number of hydrogen-bond donors (Lipinski definition) is 2. The Labute approximate surface area is 139 Å². The summed E-state index contributed by atoms with van der Waals surface area (Å²) < 4.78 is 11.3. The minimum absolute atomic E-state index is 0.175. The molecule has 2 N–H and O–H groups in total. The first-order chi connectivity index (χ1) is 11.7. The molecule has 1 fully saturated rings. The topological polar surface area (TPSA) is 80.4 Å². The Morgan fingerprint density at radius 1 is 1.33 bits per heavy atom. The quantitative estimate of drug-likeness (QED) is 0.848. The first-order valence-electron chi connectivity index (χ1n) is 8.01. The SMILES string of the molecule is O=C(NCc1cccc(OC[C@@H]2CCCO2)c1)c1ccc(=O)[nH]c1. The van der Waals surface area contributed by atoms with Gasteiger partial charge < -0.3 is 19.8 Å². The summed E-state index contributed by atoms with van der Waals surface area (Å²) in [5.74, 6) is 0.526. The zero-order valence-corrected chi connectivity index (χ0v) is 13.3. The number of nitrogens with one attached hydrogen (secondary N) is 2. The van der Waals surface area contributed by atoms with E-state index in [-0.39, 0.29) is 17.6 Å². The number of benzene rings is 1. The molecule has 1 aromatic heterocycles. The van der Waals surface area contributed by atoms with Crippen LogP contribution in [0.4, 0.5) is 0 Å². The van der Waals surface area contributed by atoms with Gasteiger partial charge in [0.25, 0.3) is 5.91 Å². The highest BCUT2D eigenvalue weighted by molar-refractivity contribution is 5.93. The van der Waals surface area contributed by atoms with Crippen molar-refractivity contribution in [2.24, 2.45) is 0 Å². The number of rotatable bonds is 6. The van der Waals surface area contributed by atoms with Crippen molar-refractivity contribution in [2.75, 3.05) is 13.2 Å². The predicted octanol–water partition coefficient (Wildman–Crippen LogP) is 1.86. The van der Waals surface area contributed by atoms with Crippen LogP contribution in [0.2, 0.25) is 0 Å². The zero-order valence-electron chi connectivity index (χ0n) is 13.3. The van der Waals surface area contributed by atoms with Crippen molar-refractivity contribution in [2.45, 2.75) is 25.5 Å². The van der Waals surface area contributed by atoms with Gasteiger partial charge in [0.2, 0.25) is 5.56 Å². The lowest BCUT2D eigenvalue weighted by atomic mass is 10.2.